The lowest BCUT2D eigenvalue weighted by atomic mass is 9.79. The third-order valence-electron chi connectivity index (χ3n) is 4.92. The van der Waals surface area contributed by atoms with Gasteiger partial charge in [0.2, 0.25) is 0 Å². The lowest BCUT2D eigenvalue weighted by Gasteiger charge is -2.41. The Morgan fingerprint density at radius 3 is 2.47 bits per heavy atom. The summed E-state index contributed by atoms with van der Waals surface area (Å²) in [5, 5.41) is 10.1. The van der Waals surface area contributed by atoms with Crippen LogP contribution in [-0.4, -0.2) is 35.2 Å². The first-order valence-electron chi connectivity index (χ1n) is 7.48. The zero-order chi connectivity index (χ0) is 12.4. The molecule has 0 aromatic rings. The van der Waals surface area contributed by atoms with Gasteiger partial charge in [-0.25, -0.2) is 0 Å². The fraction of sp³-hybridized carbons (Fsp3) is 1.00. The fourth-order valence-electron chi connectivity index (χ4n) is 3.61. The molecule has 0 aromatic heterocycles. The first-order valence-corrected chi connectivity index (χ1v) is 7.48. The predicted molar refractivity (Wildman–Crippen MR) is 71.9 cm³/mol. The van der Waals surface area contributed by atoms with Gasteiger partial charge in [0.15, 0.2) is 0 Å². The molecule has 100 valence electrons. The van der Waals surface area contributed by atoms with E-state index in [2.05, 4.69) is 25.7 Å². The van der Waals surface area contributed by atoms with Gasteiger partial charge in [-0.1, -0.05) is 13.8 Å². The van der Waals surface area contributed by atoms with Crippen LogP contribution in [0, 0.1) is 17.8 Å². The van der Waals surface area contributed by atoms with E-state index in [1.165, 1.54) is 32.2 Å². The van der Waals surface area contributed by atoms with Gasteiger partial charge in [0.05, 0.1) is 6.10 Å². The summed E-state index contributed by atoms with van der Waals surface area (Å²) in [6.45, 7) is 9.40. The fourth-order valence-corrected chi connectivity index (χ4v) is 3.61. The Morgan fingerprint density at radius 1 is 1.00 bits per heavy atom. The minimum absolute atomic E-state index is 0.0457. The van der Waals surface area contributed by atoms with Gasteiger partial charge in [-0.15, -0.1) is 0 Å². The van der Waals surface area contributed by atoms with Gasteiger partial charge < -0.3 is 10.0 Å². The molecule has 17 heavy (non-hydrogen) atoms. The molecule has 5 atom stereocenters. The van der Waals surface area contributed by atoms with Crippen molar-refractivity contribution in [3.8, 4) is 0 Å². The van der Waals surface area contributed by atoms with Gasteiger partial charge in [-0.05, 0) is 56.8 Å². The van der Waals surface area contributed by atoms with Crippen LogP contribution < -0.4 is 0 Å². The van der Waals surface area contributed by atoms with Crippen LogP contribution in [0.3, 0.4) is 0 Å². The normalized spacial score (nSPS) is 44.8. The van der Waals surface area contributed by atoms with Crippen molar-refractivity contribution < 1.29 is 5.11 Å². The molecular formula is C15H29NO. The van der Waals surface area contributed by atoms with Crippen LogP contribution in [0.2, 0.25) is 0 Å². The Bertz CT molecular complexity index is 219. The van der Waals surface area contributed by atoms with E-state index < -0.39 is 0 Å². The van der Waals surface area contributed by atoms with Crippen molar-refractivity contribution in [2.75, 3.05) is 13.1 Å². The first kappa shape index (κ1) is 13.4. The molecule has 2 rings (SSSR count). The van der Waals surface area contributed by atoms with Crippen LogP contribution in [0.4, 0.5) is 0 Å². The van der Waals surface area contributed by atoms with E-state index in [-0.39, 0.29) is 6.10 Å². The Labute approximate surface area is 106 Å². The summed E-state index contributed by atoms with van der Waals surface area (Å²) in [7, 11) is 0. The van der Waals surface area contributed by atoms with E-state index in [0.29, 0.717) is 5.92 Å². The zero-order valence-electron chi connectivity index (χ0n) is 11.7. The third kappa shape index (κ3) is 3.45. The maximum Gasteiger partial charge on any atom is 0.0580 e. The Balaban J connectivity index is 1.89. The van der Waals surface area contributed by atoms with E-state index >= 15 is 0 Å². The molecule has 1 saturated heterocycles. The Morgan fingerprint density at radius 2 is 1.71 bits per heavy atom. The average molecular weight is 239 g/mol. The second kappa shape index (κ2) is 5.71. The summed E-state index contributed by atoms with van der Waals surface area (Å²) in [5.74, 6) is 2.16. The van der Waals surface area contributed by atoms with Crippen LogP contribution in [0.15, 0.2) is 0 Å². The average Bonchev–Trinajstić information content (AvgIpc) is 2.28. The quantitative estimate of drug-likeness (QED) is 0.801. The van der Waals surface area contributed by atoms with Gasteiger partial charge in [0, 0.05) is 19.1 Å². The van der Waals surface area contributed by atoms with Crippen molar-refractivity contribution in [1.29, 1.82) is 0 Å². The molecule has 0 radical (unpaired) electrons. The number of hydrogen-bond acceptors (Lipinski definition) is 2. The van der Waals surface area contributed by atoms with Crippen molar-refractivity contribution in [2.24, 2.45) is 17.8 Å². The van der Waals surface area contributed by atoms with Gasteiger partial charge in [0.25, 0.3) is 0 Å². The highest BCUT2D eigenvalue weighted by Crippen LogP contribution is 2.31. The number of aliphatic hydroxyl groups excluding tert-OH is 1. The first-order chi connectivity index (χ1) is 8.06. The summed E-state index contributed by atoms with van der Waals surface area (Å²) < 4.78 is 0. The minimum Gasteiger partial charge on any atom is -0.393 e. The standard InChI is InChI=1S/C15H29NO/c1-11-5-7-15(17)14(8-11)10-16-9-12(2)4-6-13(16)3/h11-15,17H,4-10H2,1-3H3. The second-order valence-electron chi connectivity index (χ2n) is 6.73. The summed E-state index contributed by atoms with van der Waals surface area (Å²) in [6.07, 6.45) is 6.11. The van der Waals surface area contributed by atoms with Crippen LogP contribution in [0.5, 0.6) is 0 Å². The lowest BCUT2D eigenvalue weighted by Crippen LogP contribution is -2.46. The van der Waals surface area contributed by atoms with E-state index in [9.17, 15) is 5.11 Å². The molecule has 0 amide bonds. The van der Waals surface area contributed by atoms with Crippen LogP contribution >= 0.6 is 0 Å². The Kier molecular flexibility index (Phi) is 4.48. The number of rotatable bonds is 2. The molecule has 1 aliphatic heterocycles. The van der Waals surface area contributed by atoms with Crippen molar-refractivity contribution >= 4 is 0 Å². The predicted octanol–water partition coefficient (Wildman–Crippen LogP) is 2.90. The van der Waals surface area contributed by atoms with E-state index in [1.54, 1.807) is 0 Å². The van der Waals surface area contributed by atoms with Crippen LogP contribution in [-0.2, 0) is 0 Å². The van der Waals surface area contributed by atoms with Crippen molar-refractivity contribution in [3.63, 3.8) is 0 Å². The largest absolute Gasteiger partial charge is 0.393 e. The lowest BCUT2D eigenvalue weighted by molar-refractivity contribution is 0.0105. The van der Waals surface area contributed by atoms with Crippen LogP contribution in [0.1, 0.15) is 52.9 Å². The molecule has 2 fully saturated rings. The summed E-state index contributed by atoms with van der Waals surface area (Å²) >= 11 is 0. The number of hydrogen-bond donors (Lipinski definition) is 1. The monoisotopic (exact) mass is 239 g/mol. The van der Waals surface area contributed by atoms with Crippen LogP contribution in [0.25, 0.3) is 0 Å². The number of aliphatic hydroxyl groups is 1. The van der Waals surface area contributed by atoms with E-state index in [0.717, 1.165) is 30.8 Å². The third-order valence-corrected chi connectivity index (χ3v) is 4.92. The SMILES string of the molecule is CC1CCC(O)C(CN2CC(C)CCC2C)C1. The second-order valence-corrected chi connectivity index (χ2v) is 6.73. The molecule has 0 spiro atoms. The Hall–Kier alpha value is -0.0800. The number of likely N-dealkylation sites (tertiary alicyclic amines) is 1. The van der Waals surface area contributed by atoms with Crippen molar-refractivity contribution in [2.45, 2.75) is 65.0 Å². The smallest absolute Gasteiger partial charge is 0.0580 e. The van der Waals surface area contributed by atoms with Gasteiger partial charge >= 0.3 is 0 Å². The minimum atomic E-state index is -0.0457. The summed E-state index contributed by atoms with van der Waals surface area (Å²) in [5.41, 5.74) is 0. The van der Waals surface area contributed by atoms with E-state index in [1.807, 2.05) is 0 Å². The van der Waals surface area contributed by atoms with Crippen molar-refractivity contribution in [1.82, 2.24) is 4.90 Å². The van der Waals surface area contributed by atoms with Gasteiger partial charge in [-0.2, -0.15) is 0 Å². The molecule has 2 aliphatic rings. The highest BCUT2D eigenvalue weighted by Gasteiger charge is 2.31. The topological polar surface area (TPSA) is 23.5 Å². The molecule has 1 aliphatic carbocycles. The van der Waals surface area contributed by atoms with Gasteiger partial charge in [-0.3, -0.25) is 0 Å². The number of nitrogens with zero attached hydrogens (tertiary/aromatic N) is 1. The molecule has 1 N–H and O–H groups in total. The molecule has 1 saturated carbocycles. The molecule has 2 nitrogen and oxygen atoms in total. The number of piperidine rings is 1. The van der Waals surface area contributed by atoms with Gasteiger partial charge in [0.1, 0.15) is 0 Å². The summed E-state index contributed by atoms with van der Waals surface area (Å²) in [6, 6.07) is 0.718. The maximum atomic E-state index is 10.1. The molecule has 0 bridgehead atoms. The molecule has 1 heterocycles. The zero-order valence-corrected chi connectivity index (χ0v) is 11.7. The molecule has 5 unspecified atom stereocenters. The van der Waals surface area contributed by atoms with E-state index in [4.69, 9.17) is 0 Å². The maximum absolute atomic E-state index is 10.1. The molecule has 0 aromatic carbocycles. The molecule has 2 heteroatoms. The highest BCUT2D eigenvalue weighted by molar-refractivity contribution is 4.84. The summed E-state index contributed by atoms with van der Waals surface area (Å²) in [4.78, 5) is 2.63. The van der Waals surface area contributed by atoms with Crippen molar-refractivity contribution in [3.05, 3.63) is 0 Å². The molecular weight excluding hydrogens is 210 g/mol. The highest BCUT2D eigenvalue weighted by atomic mass is 16.3.